The molecule has 2 N–H and O–H groups in total. The summed E-state index contributed by atoms with van der Waals surface area (Å²) < 4.78 is 13.4. The van der Waals surface area contributed by atoms with Gasteiger partial charge in [-0.3, -0.25) is 9.59 Å². The van der Waals surface area contributed by atoms with Gasteiger partial charge < -0.3 is 15.5 Å². The van der Waals surface area contributed by atoms with E-state index in [1.807, 2.05) is 6.07 Å². The number of nitrogens with zero attached hydrogens (tertiary/aromatic N) is 1. The van der Waals surface area contributed by atoms with E-state index in [0.29, 0.717) is 11.3 Å². The van der Waals surface area contributed by atoms with E-state index in [0.717, 1.165) is 44.5 Å². The number of halogens is 1. The van der Waals surface area contributed by atoms with Crippen LogP contribution >= 0.6 is 0 Å². The number of hydrogen-bond acceptors (Lipinski definition) is 3. The fourth-order valence-electron chi connectivity index (χ4n) is 3.35. The first-order valence-corrected chi connectivity index (χ1v) is 9.37. The molecule has 6 heteroatoms. The van der Waals surface area contributed by atoms with Gasteiger partial charge in [0.15, 0.2) is 0 Å². The highest BCUT2D eigenvalue weighted by Crippen LogP contribution is 2.29. The van der Waals surface area contributed by atoms with E-state index in [-0.39, 0.29) is 17.5 Å². The molecule has 1 aliphatic heterocycles. The van der Waals surface area contributed by atoms with Crippen molar-refractivity contribution in [1.29, 1.82) is 0 Å². The van der Waals surface area contributed by atoms with Crippen molar-refractivity contribution in [2.75, 3.05) is 23.3 Å². The largest absolute Gasteiger partial charge is 0.371 e. The van der Waals surface area contributed by atoms with Crippen molar-refractivity contribution in [1.82, 2.24) is 5.32 Å². The molecular weight excluding hydrogens is 345 g/mol. The predicted octanol–water partition coefficient (Wildman–Crippen LogP) is 3.57. The van der Waals surface area contributed by atoms with E-state index >= 15 is 0 Å². The summed E-state index contributed by atoms with van der Waals surface area (Å²) in [6, 6.07) is 11.2. The lowest BCUT2D eigenvalue weighted by atomic mass is 10.1. The maximum atomic E-state index is 13.4. The van der Waals surface area contributed by atoms with Crippen molar-refractivity contribution in [3.05, 3.63) is 59.4 Å². The molecule has 2 fully saturated rings. The van der Waals surface area contributed by atoms with Crippen LogP contribution in [0.1, 0.15) is 46.4 Å². The van der Waals surface area contributed by atoms with Gasteiger partial charge in [-0.1, -0.05) is 6.07 Å². The molecule has 0 bridgehead atoms. The fourth-order valence-corrected chi connectivity index (χ4v) is 3.35. The monoisotopic (exact) mass is 367 g/mol. The lowest BCUT2D eigenvalue weighted by Crippen LogP contribution is -2.29. The molecule has 0 spiro atoms. The van der Waals surface area contributed by atoms with Crippen LogP contribution in [0.25, 0.3) is 0 Å². The van der Waals surface area contributed by atoms with Gasteiger partial charge >= 0.3 is 0 Å². The normalized spacial score (nSPS) is 16.3. The summed E-state index contributed by atoms with van der Waals surface area (Å²) in [4.78, 5) is 27.3. The van der Waals surface area contributed by atoms with Crippen LogP contribution in [0, 0.1) is 5.82 Å². The number of amides is 2. The first kappa shape index (κ1) is 17.5. The molecule has 1 aliphatic carbocycles. The van der Waals surface area contributed by atoms with Gasteiger partial charge in [-0.25, -0.2) is 4.39 Å². The zero-order valence-electron chi connectivity index (χ0n) is 15.0. The van der Waals surface area contributed by atoms with E-state index in [2.05, 4.69) is 15.5 Å². The number of carbonyl (C=O) groups is 2. The van der Waals surface area contributed by atoms with Crippen molar-refractivity contribution in [3.63, 3.8) is 0 Å². The molecule has 1 saturated heterocycles. The number of hydrogen-bond donors (Lipinski definition) is 2. The summed E-state index contributed by atoms with van der Waals surface area (Å²) >= 11 is 0. The van der Waals surface area contributed by atoms with Crippen molar-refractivity contribution >= 4 is 23.2 Å². The molecule has 0 atom stereocenters. The smallest absolute Gasteiger partial charge is 0.255 e. The lowest BCUT2D eigenvalue weighted by molar-refractivity contribution is 0.0950. The Morgan fingerprint density at radius 2 is 1.78 bits per heavy atom. The standard InChI is InChI=1S/C21H22FN3O2/c22-15-5-3-4-14(12-15)20(26)24-17-8-9-19(25-10-1-2-11-25)18(13-17)21(27)23-16-6-7-16/h3-5,8-9,12-13,16H,1-2,6-7,10-11H2,(H,23,27)(H,24,26). The minimum Gasteiger partial charge on any atom is -0.371 e. The highest BCUT2D eigenvalue weighted by Gasteiger charge is 2.27. The third-order valence-corrected chi connectivity index (χ3v) is 4.95. The number of nitrogens with one attached hydrogen (secondary N) is 2. The summed E-state index contributed by atoms with van der Waals surface area (Å²) in [6.45, 7) is 1.86. The third-order valence-electron chi connectivity index (χ3n) is 4.95. The molecule has 2 aromatic carbocycles. The summed E-state index contributed by atoms with van der Waals surface area (Å²) in [5.41, 5.74) is 2.23. The molecule has 0 unspecified atom stereocenters. The molecule has 140 valence electrons. The molecule has 0 aromatic heterocycles. The van der Waals surface area contributed by atoms with Gasteiger partial charge in [-0.2, -0.15) is 0 Å². The van der Waals surface area contributed by atoms with Crippen LogP contribution in [0.3, 0.4) is 0 Å². The highest BCUT2D eigenvalue weighted by atomic mass is 19.1. The Balaban J connectivity index is 1.59. The molecular formula is C21H22FN3O2. The highest BCUT2D eigenvalue weighted by molar-refractivity contribution is 6.06. The van der Waals surface area contributed by atoms with Crippen LogP contribution in [-0.4, -0.2) is 30.9 Å². The van der Waals surface area contributed by atoms with Gasteiger partial charge in [0.2, 0.25) is 0 Å². The first-order valence-electron chi connectivity index (χ1n) is 9.37. The molecule has 2 aromatic rings. The summed E-state index contributed by atoms with van der Waals surface area (Å²) in [6.07, 6.45) is 4.26. The average molecular weight is 367 g/mol. The van der Waals surface area contributed by atoms with Crippen LogP contribution in [-0.2, 0) is 0 Å². The Morgan fingerprint density at radius 1 is 1.00 bits per heavy atom. The number of rotatable bonds is 5. The molecule has 0 radical (unpaired) electrons. The molecule has 2 aliphatic rings. The maximum absolute atomic E-state index is 13.4. The first-order chi connectivity index (χ1) is 13.1. The second-order valence-electron chi connectivity index (χ2n) is 7.14. The zero-order valence-corrected chi connectivity index (χ0v) is 15.0. The second-order valence-corrected chi connectivity index (χ2v) is 7.14. The Bertz CT molecular complexity index is 873. The van der Waals surface area contributed by atoms with E-state index in [9.17, 15) is 14.0 Å². The van der Waals surface area contributed by atoms with Crippen LogP contribution < -0.4 is 15.5 Å². The lowest BCUT2D eigenvalue weighted by Gasteiger charge is -2.22. The Labute approximate surface area is 157 Å². The zero-order chi connectivity index (χ0) is 18.8. The summed E-state index contributed by atoms with van der Waals surface area (Å²) in [7, 11) is 0. The molecule has 1 saturated carbocycles. The Morgan fingerprint density at radius 3 is 2.48 bits per heavy atom. The molecule has 2 amide bonds. The molecule has 1 heterocycles. The van der Waals surface area contributed by atoms with Gasteiger partial charge in [-0.15, -0.1) is 0 Å². The van der Waals surface area contributed by atoms with Gasteiger partial charge in [0.1, 0.15) is 5.82 Å². The Kier molecular flexibility index (Phi) is 4.79. The van der Waals surface area contributed by atoms with E-state index < -0.39 is 11.7 Å². The number of anilines is 2. The van der Waals surface area contributed by atoms with Crippen molar-refractivity contribution in [2.45, 2.75) is 31.7 Å². The topological polar surface area (TPSA) is 61.4 Å². The maximum Gasteiger partial charge on any atom is 0.255 e. The number of benzene rings is 2. The minimum atomic E-state index is -0.462. The van der Waals surface area contributed by atoms with Gasteiger partial charge in [-0.05, 0) is 62.1 Å². The van der Waals surface area contributed by atoms with Crippen LogP contribution in [0.15, 0.2) is 42.5 Å². The van der Waals surface area contributed by atoms with E-state index in [1.54, 1.807) is 18.2 Å². The summed E-state index contributed by atoms with van der Waals surface area (Å²) in [5, 5.41) is 5.79. The molecule has 5 nitrogen and oxygen atoms in total. The van der Waals surface area contributed by atoms with Gasteiger partial charge in [0.05, 0.1) is 5.56 Å². The quantitative estimate of drug-likeness (QED) is 0.849. The predicted molar refractivity (Wildman–Crippen MR) is 103 cm³/mol. The Hall–Kier alpha value is -2.89. The second kappa shape index (κ2) is 7.39. The average Bonchev–Trinajstić information content (AvgIpc) is 3.30. The van der Waals surface area contributed by atoms with Crippen LogP contribution in [0.4, 0.5) is 15.8 Å². The SMILES string of the molecule is O=C(Nc1ccc(N2CCCC2)c(C(=O)NC2CC2)c1)c1cccc(F)c1. The van der Waals surface area contributed by atoms with E-state index in [4.69, 9.17) is 0 Å². The third kappa shape index (κ3) is 4.10. The minimum absolute atomic E-state index is 0.110. The summed E-state index contributed by atoms with van der Waals surface area (Å²) in [5.74, 6) is -0.977. The van der Waals surface area contributed by atoms with Crippen LogP contribution in [0.2, 0.25) is 0 Å². The molecule has 4 rings (SSSR count). The van der Waals surface area contributed by atoms with Crippen LogP contribution in [0.5, 0.6) is 0 Å². The fraction of sp³-hybridized carbons (Fsp3) is 0.333. The van der Waals surface area contributed by atoms with Crippen molar-refractivity contribution in [2.24, 2.45) is 0 Å². The van der Waals surface area contributed by atoms with Gasteiger partial charge in [0.25, 0.3) is 11.8 Å². The van der Waals surface area contributed by atoms with Gasteiger partial charge in [0, 0.05) is 36.1 Å². The van der Waals surface area contributed by atoms with E-state index in [1.165, 1.54) is 18.2 Å². The molecule has 27 heavy (non-hydrogen) atoms. The number of carbonyl (C=O) groups excluding carboxylic acids is 2. The van der Waals surface area contributed by atoms with Crippen molar-refractivity contribution < 1.29 is 14.0 Å². The van der Waals surface area contributed by atoms with Crippen molar-refractivity contribution in [3.8, 4) is 0 Å².